The van der Waals surface area contributed by atoms with E-state index >= 15 is 0 Å². The summed E-state index contributed by atoms with van der Waals surface area (Å²) in [5.41, 5.74) is 2.20. The van der Waals surface area contributed by atoms with Gasteiger partial charge >= 0.3 is 5.63 Å². The molecule has 0 spiro atoms. The zero-order valence-electron chi connectivity index (χ0n) is 8.96. The van der Waals surface area contributed by atoms with Gasteiger partial charge in [0.05, 0.1) is 7.11 Å². The third kappa shape index (κ3) is 1.61. The minimum Gasteiger partial charge on any atom is -0.496 e. The predicted octanol–water partition coefficient (Wildman–Crippen LogP) is 2.42. The van der Waals surface area contributed by atoms with Crippen LogP contribution in [0.25, 0.3) is 11.0 Å². The van der Waals surface area contributed by atoms with Crippen molar-refractivity contribution < 1.29 is 9.15 Å². The minimum atomic E-state index is -0.328. The van der Waals surface area contributed by atoms with Crippen molar-refractivity contribution in [2.75, 3.05) is 7.11 Å². The van der Waals surface area contributed by atoms with Crippen LogP contribution in [0.2, 0.25) is 0 Å². The number of hydrogen-bond donors (Lipinski definition) is 0. The SMILES string of the molecule is COc1cc2oc(=O)cc(C)c2cc1C. The maximum absolute atomic E-state index is 11.2. The van der Waals surface area contributed by atoms with Crippen molar-refractivity contribution in [2.45, 2.75) is 13.8 Å². The highest BCUT2D eigenvalue weighted by Gasteiger charge is 2.06. The highest BCUT2D eigenvalue weighted by atomic mass is 16.5. The molecule has 3 nitrogen and oxygen atoms in total. The minimum absolute atomic E-state index is 0.328. The summed E-state index contributed by atoms with van der Waals surface area (Å²) in [4.78, 5) is 11.2. The average molecular weight is 204 g/mol. The fourth-order valence-electron chi connectivity index (χ4n) is 1.67. The zero-order chi connectivity index (χ0) is 11.0. The van der Waals surface area contributed by atoms with Gasteiger partial charge in [-0.05, 0) is 31.0 Å². The van der Waals surface area contributed by atoms with Gasteiger partial charge in [-0.25, -0.2) is 4.79 Å². The third-order valence-electron chi connectivity index (χ3n) is 2.47. The van der Waals surface area contributed by atoms with Crippen molar-refractivity contribution in [3.8, 4) is 5.75 Å². The van der Waals surface area contributed by atoms with Gasteiger partial charge < -0.3 is 9.15 Å². The van der Waals surface area contributed by atoms with Gasteiger partial charge in [0.2, 0.25) is 0 Å². The summed E-state index contributed by atoms with van der Waals surface area (Å²) in [6.45, 7) is 3.86. The Bertz CT molecular complexity index is 567. The Balaban J connectivity index is 2.87. The molecule has 0 radical (unpaired) electrons. The van der Waals surface area contributed by atoms with Crippen LogP contribution in [0.5, 0.6) is 5.75 Å². The van der Waals surface area contributed by atoms with E-state index < -0.39 is 0 Å². The van der Waals surface area contributed by atoms with Crippen LogP contribution in [-0.2, 0) is 0 Å². The number of aryl methyl sites for hydroxylation is 2. The van der Waals surface area contributed by atoms with Crippen LogP contribution in [0.3, 0.4) is 0 Å². The van der Waals surface area contributed by atoms with Crippen molar-refractivity contribution in [3.63, 3.8) is 0 Å². The predicted molar refractivity (Wildman–Crippen MR) is 58.5 cm³/mol. The van der Waals surface area contributed by atoms with Gasteiger partial charge in [-0.1, -0.05) is 0 Å². The molecule has 0 bridgehead atoms. The molecule has 78 valence electrons. The third-order valence-corrected chi connectivity index (χ3v) is 2.47. The van der Waals surface area contributed by atoms with Gasteiger partial charge in [0.1, 0.15) is 11.3 Å². The number of fused-ring (bicyclic) bond motifs is 1. The molecule has 0 unspecified atom stereocenters. The summed E-state index contributed by atoms with van der Waals surface area (Å²) in [6.07, 6.45) is 0. The lowest BCUT2D eigenvalue weighted by atomic mass is 10.1. The molecule has 0 aliphatic heterocycles. The summed E-state index contributed by atoms with van der Waals surface area (Å²) >= 11 is 0. The monoisotopic (exact) mass is 204 g/mol. The van der Waals surface area contributed by atoms with Crippen LogP contribution >= 0.6 is 0 Å². The van der Waals surface area contributed by atoms with Crippen LogP contribution in [0.15, 0.2) is 27.4 Å². The Labute approximate surface area is 87.3 Å². The first kappa shape index (κ1) is 9.77. The molecule has 0 saturated heterocycles. The van der Waals surface area contributed by atoms with Gasteiger partial charge in [-0.15, -0.1) is 0 Å². The standard InChI is InChI=1S/C12H12O3/c1-7-5-12(13)15-11-6-10(14-3)8(2)4-9(7)11/h4-6H,1-3H3. The molecular formula is C12H12O3. The molecule has 0 amide bonds. The van der Waals surface area contributed by atoms with E-state index in [4.69, 9.17) is 9.15 Å². The fraction of sp³-hybridized carbons (Fsp3) is 0.250. The molecule has 0 aliphatic carbocycles. The summed E-state index contributed by atoms with van der Waals surface area (Å²) in [7, 11) is 1.60. The molecule has 0 fully saturated rings. The molecule has 1 aromatic carbocycles. The molecule has 0 aliphatic rings. The summed E-state index contributed by atoms with van der Waals surface area (Å²) < 4.78 is 10.3. The Morgan fingerprint density at radius 3 is 2.53 bits per heavy atom. The smallest absolute Gasteiger partial charge is 0.336 e. The van der Waals surface area contributed by atoms with E-state index in [9.17, 15) is 4.79 Å². The zero-order valence-corrected chi connectivity index (χ0v) is 8.96. The highest BCUT2D eigenvalue weighted by molar-refractivity contribution is 5.82. The van der Waals surface area contributed by atoms with Gasteiger partial charge in [-0.2, -0.15) is 0 Å². The van der Waals surface area contributed by atoms with E-state index in [1.807, 2.05) is 19.9 Å². The lowest BCUT2D eigenvalue weighted by molar-refractivity contribution is 0.411. The number of rotatable bonds is 1. The van der Waals surface area contributed by atoms with E-state index in [-0.39, 0.29) is 5.63 Å². The van der Waals surface area contributed by atoms with Crippen LogP contribution in [-0.4, -0.2) is 7.11 Å². The van der Waals surface area contributed by atoms with Gasteiger partial charge in [-0.3, -0.25) is 0 Å². The Morgan fingerprint density at radius 1 is 1.13 bits per heavy atom. The fourth-order valence-corrected chi connectivity index (χ4v) is 1.67. The van der Waals surface area contributed by atoms with Crippen molar-refractivity contribution in [2.24, 2.45) is 0 Å². The second-order valence-electron chi connectivity index (χ2n) is 3.57. The molecule has 1 heterocycles. The molecule has 1 aromatic heterocycles. The van der Waals surface area contributed by atoms with Crippen molar-refractivity contribution in [1.29, 1.82) is 0 Å². The first-order chi connectivity index (χ1) is 7.11. The number of ether oxygens (including phenoxy) is 1. The Hall–Kier alpha value is -1.77. The van der Waals surface area contributed by atoms with Crippen molar-refractivity contribution >= 4 is 11.0 Å². The molecular weight excluding hydrogens is 192 g/mol. The summed E-state index contributed by atoms with van der Waals surface area (Å²) in [5, 5.41) is 0.952. The molecule has 0 atom stereocenters. The van der Waals surface area contributed by atoms with Crippen LogP contribution in [0.1, 0.15) is 11.1 Å². The van der Waals surface area contributed by atoms with E-state index in [0.717, 1.165) is 22.3 Å². The molecule has 3 heteroatoms. The highest BCUT2D eigenvalue weighted by Crippen LogP contribution is 2.25. The summed E-state index contributed by atoms with van der Waals surface area (Å²) in [6, 6.07) is 5.21. The average Bonchev–Trinajstić information content (AvgIpc) is 2.18. The molecule has 0 N–H and O–H groups in total. The van der Waals surface area contributed by atoms with Gasteiger partial charge in [0.25, 0.3) is 0 Å². The van der Waals surface area contributed by atoms with Crippen molar-refractivity contribution in [1.82, 2.24) is 0 Å². The number of hydrogen-bond acceptors (Lipinski definition) is 3. The first-order valence-corrected chi connectivity index (χ1v) is 4.71. The summed E-state index contributed by atoms with van der Waals surface area (Å²) in [5.74, 6) is 0.733. The van der Waals surface area contributed by atoms with Gasteiger partial charge in [0, 0.05) is 17.5 Å². The maximum Gasteiger partial charge on any atom is 0.336 e. The molecule has 2 rings (SSSR count). The second-order valence-corrected chi connectivity index (χ2v) is 3.57. The largest absolute Gasteiger partial charge is 0.496 e. The Kier molecular flexibility index (Phi) is 2.23. The van der Waals surface area contributed by atoms with Crippen LogP contribution < -0.4 is 10.4 Å². The Morgan fingerprint density at radius 2 is 1.87 bits per heavy atom. The number of methoxy groups -OCH3 is 1. The van der Waals surface area contributed by atoms with E-state index in [1.54, 1.807) is 13.2 Å². The van der Waals surface area contributed by atoms with Gasteiger partial charge in [0.15, 0.2) is 0 Å². The van der Waals surface area contributed by atoms with Crippen molar-refractivity contribution in [3.05, 3.63) is 39.7 Å². The van der Waals surface area contributed by atoms with E-state index in [2.05, 4.69) is 0 Å². The quantitative estimate of drug-likeness (QED) is 0.669. The molecule has 2 aromatic rings. The van der Waals surface area contributed by atoms with Crippen LogP contribution in [0, 0.1) is 13.8 Å². The maximum atomic E-state index is 11.2. The van der Waals surface area contributed by atoms with E-state index in [0.29, 0.717) is 5.58 Å². The lowest BCUT2D eigenvalue weighted by Crippen LogP contribution is -1.98. The number of benzene rings is 1. The molecule has 15 heavy (non-hydrogen) atoms. The first-order valence-electron chi connectivity index (χ1n) is 4.71. The lowest BCUT2D eigenvalue weighted by Gasteiger charge is -2.06. The van der Waals surface area contributed by atoms with E-state index in [1.165, 1.54) is 6.07 Å². The van der Waals surface area contributed by atoms with Crippen LogP contribution in [0.4, 0.5) is 0 Å². The normalized spacial score (nSPS) is 10.6. The topological polar surface area (TPSA) is 39.4 Å². The second kappa shape index (κ2) is 3.42. The molecule has 0 saturated carbocycles.